The van der Waals surface area contributed by atoms with E-state index in [1.54, 1.807) is 0 Å². The van der Waals surface area contributed by atoms with Gasteiger partial charge in [-0.2, -0.15) is 0 Å². The summed E-state index contributed by atoms with van der Waals surface area (Å²) in [6, 6.07) is 1.12. The van der Waals surface area contributed by atoms with Crippen molar-refractivity contribution in [2.24, 2.45) is 5.41 Å². The van der Waals surface area contributed by atoms with E-state index in [1.165, 1.54) is 0 Å². The van der Waals surface area contributed by atoms with E-state index in [9.17, 15) is 14.4 Å². The number of hydrogen-bond donors (Lipinski definition) is 1. The van der Waals surface area contributed by atoms with Crippen LogP contribution in [-0.4, -0.2) is 29.6 Å². The molecule has 0 spiro atoms. The number of carboxylic acids is 1. The third kappa shape index (κ3) is 5.27. The summed E-state index contributed by atoms with van der Waals surface area (Å²) >= 11 is 17.7. The summed E-state index contributed by atoms with van der Waals surface area (Å²) in [7, 11) is 0. The number of hydrogen-bond acceptors (Lipinski definition) is 5. The lowest BCUT2D eigenvalue weighted by atomic mass is 9.99. The molecule has 0 bridgehead atoms. The molecule has 23 heavy (non-hydrogen) atoms. The van der Waals surface area contributed by atoms with Gasteiger partial charge in [-0.25, -0.2) is 14.4 Å². The molecule has 0 amide bonds. The van der Waals surface area contributed by atoms with Gasteiger partial charge in [0, 0.05) is 0 Å². The SMILES string of the molecule is CC(C)(C)COC(=O)c1c(Cl)c(Cl)cc(Cl)c1OC(=O)C(=O)O. The lowest BCUT2D eigenvalue weighted by Crippen LogP contribution is -2.23. The molecule has 126 valence electrons. The molecule has 9 heteroatoms. The van der Waals surface area contributed by atoms with Crippen LogP contribution < -0.4 is 4.74 Å². The maximum absolute atomic E-state index is 12.2. The van der Waals surface area contributed by atoms with E-state index in [0.29, 0.717) is 0 Å². The predicted octanol–water partition coefficient (Wildman–Crippen LogP) is 3.84. The summed E-state index contributed by atoms with van der Waals surface area (Å²) in [6.07, 6.45) is 0. The zero-order valence-corrected chi connectivity index (χ0v) is 14.7. The summed E-state index contributed by atoms with van der Waals surface area (Å²) in [5.74, 6) is -4.95. The van der Waals surface area contributed by atoms with Gasteiger partial charge in [0.1, 0.15) is 5.56 Å². The molecule has 6 nitrogen and oxygen atoms in total. The van der Waals surface area contributed by atoms with Crippen LogP contribution in [-0.2, 0) is 14.3 Å². The van der Waals surface area contributed by atoms with Gasteiger partial charge in [0.2, 0.25) is 0 Å². The van der Waals surface area contributed by atoms with Crippen LogP contribution in [0, 0.1) is 5.41 Å². The Morgan fingerprint density at radius 2 is 1.70 bits per heavy atom. The predicted molar refractivity (Wildman–Crippen MR) is 84.5 cm³/mol. The third-order valence-corrected chi connectivity index (χ3v) is 3.40. The molecule has 1 rings (SSSR count). The van der Waals surface area contributed by atoms with E-state index >= 15 is 0 Å². The Morgan fingerprint density at radius 3 is 2.17 bits per heavy atom. The van der Waals surface area contributed by atoms with Crippen LogP contribution in [0.15, 0.2) is 6.07 Å². The van der Waals surface area contributed by atoms with Gasteiger partial charge in [-0.1, -0.05) is 55.6 Å². The number of aliphatic carboxylic acids is 1. The van der Waals surface area contributed by atoms with Crippen molar-refractivity contribution in [1.29, 1.82) is 0 Å². The van der Waals surface area contributed by atoms with Crippen LogP contribution in [0.4, 0.5) is 0 Å². The summed E-state index contributed by atoms with van der Waals surface area (Å²) in [5.41, 5.74) is -0.745. The molecule has 1 aromatic carbocycles. The number of carboxylic acid groups (broad SMARTS) is 1. The van der Waals surface area contributed by atoms with Gasteiger partial charge < -0.3 is 14.6 Å². The topological polar surface area (TPSA) is 89.9 Å². The second kappa shape index (κ2) is 7.38. The standard InChI is InChI=1S/C14H13Cl3O6/c1-14(2,3)5-22-12(20)8-9(17)6(15)4-7(16)10(8)23-13(21)11(18)19/h4H,5H2,1-3H3,(H,18,19). The average Bonchev–Trinajstić information content (AvgIpc) is 2.41. The quantitative estimate of drug-likeness (QED) is 0.369. The number of esters is 2. The zero-order valence-electron chi connectivity index (χ0n) is 12.4. The molecule has 0 aromatic heterocycles. The lowest BCUT2D eigenvalue weighted by Gasteiger charge is -2.19. The Morgan fingerprint density at radius 1 is 1.13 bits per heavy atom. The van der Waals surface area contributed by atoms with Crippen molar-refractivity contribution in [1.82, 2.24) is 0 Å². The monoisotopic (exact) mass is 382 g/mol. The fourth-order valence-corrected chi connectivity index (χ4v) is 2.07. The Bertz CT molecular complexity index is 663. The van der Waals surface area contributed by atoms with Crippen LogP contribution in [0.25, 0.3) is 0 Å². The van der Waals surface area contributed by atoms with Gasteiger partial charge in [0.25, 0.3) is 0 Å². The smallest absolute Gasteiger partial charge is 0.422 e. The summed E-state index contributed by atoms with van der Waals surface area (Å²) in [5, 5.41) is 8.02. The average molecular weight is 384 g/mol. The number of ether oxygens (including phenoxy) is 2. The number of carbonyl (C=O) groups excluding carboxylic acids is 2. The van der Waals surface area contributed by atoms with Gasteiger partial charge in [-0.15, -0.1) is 0 Å². The molecule has 0 saturated heterocycles. The zero-order chi connectivity index (χ0) is 17.9. The fourth-order valence-electron chi connectivity index (χ4n) is 1.35. The second-order valence-corrected chi connectivity index (χ2v) is 6.88. The minimum atomic E-state index is -1.86. The molecular formula is C14H13Cl3O6. The van der Waals surface area contributed by atoms with E-state index in [2.05, 4.69) is 4.74 Å². The van der Waals surface area contributed by atoms with Gasteiger partial charge in [-0.05, 0) is 11.5 Å². The highest BCUT2D eigenvalue weighted by Crippen LogP contribution is 2.40. The van der Waals surface area contributed by atoms with Crippen molar-refractivity contribution in [3.8, 4) is 5.75 Å². The molecule has 0 saturated carbocycles. The Balaban J connectivity index is 3.29. The van der Waals surface area contributed by atoms with Gasteiger partial charge in [0.05, 0.1) is 21.7 Å². The first-order valence-corrected chi connectivity index (χ1v) is 7.37. The van der Waals surface area contributed by atoms with Gasteiger partial charge in [-0.3, -0.25) is 0 Å². The van der Waals surface area contributed by atoms with Crippen molar-refractivity contribution < 1.29 is 29.0 Å². The highest BCUT2D eigenvalue weighted by atomic mass is 35.5. The molecule has 0 unspecified atom stereocenters. The Labute approximate surface area is 147 Å². The Kier molecular flexibility index (Phi) is 6.27. The second-order valence-electron chi connectivity index (χ2n) is 5.69. The summed E-state index contributed by atoms with van der Waals surface area (Å²) in [6.45, 7) is 5.53. The normalized spacial score (nSPS) is 11.0. The summed E-state index contributed by atoms with van der Waals surface area (Å²) in [4.78, 5) is 34.1. The van der Waals surface area contributed by atoms with Crippen LogP contribution >= 0.6 is 34.8 Å². The van der Waals surface area contributed by atoms with Crippen molar-refractivity contribution >= 4 is 52.7 Å². The largest absolute Gasteiger partial charge is 0.473 e. The maximum atomic E-state index is 12.2. The van der Waals surface area contributed by atoms with Crippen LogP contribution in [0.1, 0.15) is 31.1 Å². The van der Waals surface area contributed by atoms with E-state index < -0.39 is 29.2 Å². The van der Waals surface area contributed by atoms with Crippen molar-refractivity contribution in [2.45, 2.75) is 20.8 Å². The maximum Gasteiger partial charge on any atom is 0.422 e. The molecule has 0 radical (unpaired) electrons. The number of benzene rings is 1. The minimum Gasteiger partial charge on any atom is -0.473 e. The molecule has 0 fully saturated rings. The summed E-state index contributed by atoms with van der Waals surface area (Å²) < 4.78 is 9.70. The number of rotatable bonds is 3. The van der Waals surface area contributed by atoms with Crippen molar-refractivity contribution in [2.75, 3.05) is 6.61 Å². The highest BCUT2D eigenvalue weighted by Gasteiger charge is 2.28. The molecule has 0 aliphatic heterocycles. The highest BCUT2D eigenvalue weighted by molar-refractivity contribution is 6.46. The Hall–Kier alpha value is -1.50. The number of carbonyl (C=O) groups is 3. The molecule has 1 N–H and O–H groups in total. The van der Waals surface area contributed by atoms with E-state index in [-0.39, 0.29) is 27.1 Å². The molecule has 0 atom stereocenters. The first-order chi connectivity index (χ1) is 10.4. The molecule has 0 aliphatic carbocycles. The van der Waals surface area contributed by atoms with Crippen molar-refractivity contribution in [3.63, 3.8) is 0 Å². The van der Waals surface area contributed by atoms with E-state index in [1.807, 2.05) is 20.8 Å². The molecule has 0 aliphatic rings. The first-order valence-electron chi connectivity index (χ1n) is 6.23. The number of halogens is 3. The fraction of sp³-hybridized carbons (Fsp3) is 0.357. The third-order valence-electron chi connectivity index (χ3n) is 2.34. The van der Waals surface area contributed by atoms with Gasteiger partial charge >= 0.3 is 17.9 Å². The van der Waals surface area contributed by atoms with Crippen LogP contribution in [0.2, 0.25) is 15.1 Å². The molecule has 0 heterocycles. The van der Waals surface area contributed by atoms with E-state index in [4.69, 9.17) is 44.6 Å². The van der Waals surface area contributed by atoms with Crippen LogP contribution in [0.3, 0.4) is 0 Å². The van der Waals surface area contributed by atoms with Crippen LogP contribution in [0.5, 0.6) is 5.75 Å². The van der Waals surface area contributed by atoms with Gasteiger partial charge in [0.15, 0.2) is 5.75 Å². The first kappa shape index (κ1) is 19.5. The molecule has 1 aromatic rings. The van der Waals surface area contributed by atoms with E-state index in [0.717, 1.165) is 6.07 Å². The lowest BCUT2D eigenvalue weighted by molar-refractivity contribution is -0.158. The minimum absolute atomic E-state index is 0.0403. The molecular weight excluding hydrogens is 371 g/mol. The van der Waals surface area contributed by atoms with Crippen molar-refractivity contribution in [3.05, 3.63) is 26.7 Å².